The molecule has 1 saturated heterocycles. The summed E-state index contributed by atoms with van der Waals surface area (Å²) in [5.74, 6) is 1.71. The lowest BCUT2D eigenvalue weighted by Gasteiger charge is -2.02. The average Bonchev–Trinajstić information content (AvgIpc) is 3.05. The van der Waals surface area contributed by atoms with Crippen molar-refractivity contribution >= 4 is 0 Å². The van der Waals surface area contributed by atoms with Crippen molar-refractivity contribution in [1.29, 1.82) is 0 Å². The average molecular weight is 260 g/mol. The van der Waals surface area contributed by atoms with Gasteiger partial charge in [0.1, 0.15) is 5.75 Å². The summed E-state index contributed by atoms with van der Waals surface area (Å²) < 4.78 is 10.6. The fourth-order valence-corrected chi connectivity index (χ4v) is 2.28. The summed E-state index contributed by atoms with van der Waals surface area (Å²) in [5, 5.41) is 14.0. The van der Waals surface area contributed by atoms with E-state index in [1.807, 2.05) is 19.1 Å². The van der Waals surface area contributed by atoms with Crippen LogP contribution in [0.3, 0.4) is 0 Å². The van der Waals surface area contributed by atoms with Gasteiger partial charge >= 0.3 is 0 Å². The first-order valence-electron chi connectivity index (χ1n) is 6.43. The summed E-state index contributed by atoms with van der Waals surface area (Å²) in [4.78, 5) is 4.35. The first-order valence-corrected chi connectivity index (χ1v) is 6.43. The van der Waals surface area contributed by atoms with Gasteiger partial charge in [-0.25, -0.2) is 0 Å². The molecule has 19 heavy (non-hydrogen) atoms. The van der Waals surface area contributed by atoms with Crippen LogP contribution in [0.15, 0.2) is 22.7 Å². The van der Waals surface area contributed by atoms with E-state index >= 15 is 0 Å². The maximum absolute atomic E-state index is 10.00. The maximum Gasteiger partial charge on any atom is 0.261 e. The number of para-hydroxylation sites is 1. The molecular weight excluding hydrogens is 244 g/mol. The van der Waals surface area contributed by atoms with E-state index in [0.717, 1.165) is 31.6 Å². The summed E-state index contributed by atoms with van der Waals surface area (Å²) in [5.41, 5.74) is 1.38. The number of rotatable bonds is 3. The van der Waals surface area contributed by atoms with Gasteiger partial charge in [-0.05, 0) is 30.9 Å². The zero-order chi connectivity index (χ0) is 13.2. The first-order chi connectivity index (χ1) is 9.24. The largest absolute Gasteiger partial charge is 0.507 e. The number of aryl methyl sites for hydroxylation is 1. The first kappa shape index (κ1) is 12.2. The van der Waals surface area contributed by atoms with Gasteiger partial charge in [0.25, 0.3) is 5.89 Å². The Morgan fingerprint density at radius 2 is 2.32 bits per heavy atom. The third kappa shape index (κ3) is 2.46. The Kier molecular flexibility index (Phi) is 3.21. The Bertz CT molecular complexity index is 574. The molecule has 5 heteroatoms. The highest BCUT2D eigenvalue weighted by Crippen LogP contribution is 2.30. The maximum atomic E-state index is 10.00. The van der Waals surface area contributed by atoms with E-state index in [0.29, 0.717) is 23.2 Å². The number of hydrogen-bond acceptors (Lipinski definition) is 5. The third-order valence-electron chi connectivity index (χ3n) is 3.43. The molecule has 0 radical (unpaired) electrons. The molecule has 0 amide bonds. The molecule has 1 N–H and O–H groups in total. The van der Waals surface area contributed by atoms with Gasteiger partial charge in [0, 0.05) is 19.6 Å². The summed E-state index contributed by atoms with van der Waals surface area (Å²) in [6, 6.07) is 5.48. The van der Waals surface area contributed by atoms with Crippen molar-refractivity contribution in [1.82, 2.24) is 10.1 Å². The number of aromatic hydroxyl groups is 1. The van der Waals surface area contributed by atoms with E-state index in [9.17, 15) is 5.11 Å². The summed E-state index contributed by atoms with van der Waals surface area (Å²) >= 11 is 0. The van der Waals surface area contributed by atoms with E-state index in [1.165, 1.54) is 0 Å². The lowest BCUT2D eigenvalue weighted by molar-refractivity contribution is 0.185. The van der Waals surface area contributed by atoms with Crippen molar-refractivity contribution in [3.63, 3.8) is 0 Å². The second-order valence-corrected chi connectivity index (χ2v) is 4.92. The monoisotopic (exact) mass is 260 g/mol. The third-order valence-corrected chi connectivity index (χ3v) is 3.43. The van der Waals surface area contributed by atoms with Crippen molar-refractivity contribution in [2.75, 3.05) is 13.2 Å². The van der Waals surface area contributed by atoms with E-state index in [2.05, 4.69) is 10.1 Å². The summed E-state index contributed by atoms with van der Waals surface area (Å²) in [7, 11) is 0. The SMILES string of the molecule is Cc1cccc(-c2nc(CC3CCOC3)no2)c1O. The minimum absolute atomic E-state index is 0.196. The highest BCUT2D eigenvalue weighted by atomic mass is 16.5. The summed E-state index contributed by atoms with van der Waals surface area (Å²) in [6.07, 6.45) is 1.80. The number of phenolic OH excluding ortho intramolecular Hbond substituents is 1. The van der Waals surface area contributed by atoms with Crippen LogP contribution in [-0.4, -0.2) is 28.5 Å². The van der Waals surface area contributed by atoms with Gasteiger partial charge in [-0.1, -0.05) is 17.3 Å². The molecule has 100 valence electrons. The molecule has 3 rings (SSSR count). The molecule has 1 aromatic heterocycles. The normalized spacial score (nSPS) is 18.9. The molecule has 1 atom stereocenters. The molecule has 1 aliphatic heterocycles. The van der Waals surface area contributed by atoms with E-state index in [4.69, 9.17) is 9.26 Å². The molecule has 1 fully saturated rings. The van der Waals surface area contributed by atoms with Gasteiger partial charge in [-0.2, -0.15) is 4.98 Å². The van der Waals surface area contributed by atoms with Gasteiger partial charge in [0.15, 0.2) is 5.82 Å². The Labute approximate surface area is 111 Å². The molecule has 0 aliphatic carbocycles. The van der Waals surface area contributed by atoms with Crippen LogP contribution in [0.5, 0.6) is 5.75 Å². The zero-order valence-corrected chi connectivity index (χ0v) is 10.8. The van der Waals surface area contributed by atoms with Gasteiger partial charge in [0.2, 0.25) is 0 Å². The Morgan fingerprint density at radius 1 is 1.42 bits per heavy atom. The van der Waals surface area contributed by atoms with Crippen LogP contribution in [0.25, 0.3) is 11.5 Å². The second kappa shape index (κ2) is 5.01. The Morgan fingerprint density at radius 3 is 3.11 bits per heavy atom. The van der Waals surface area contributed by atoms with Gasteiger partial charge in [-0.15, -0.1) is 0 Å². The van der Waals surface area contributed by atoms with Crippen LogP contribution < -0.4 is 0 Å². The van der Waals surface area contributed by atoms with Crippen LogP contribution >= 0.6 is 0 Å². The molecule has 0 bridgehead atoms. The fourth-order valence-electron chi connectivity index (χ4n) is 2.28. The number of hydrogen-bond donors (Lipinski definition) is 1. The summed E-state index contributed by atoms with van der Waals surface area (Å²) in [6.45, 7) is 3.42. The van der Waals surface area contributed by atoms with E-state index < -0.39 is 0 Å². The molecule has 2 aromatic rings. The lowest BCUT2D eigenvalue weighted by Crippen LogP contribution is -2.04. The molecule has 0 spiro atoms. The molecule has 5 nitrogen and oxygen atoms in total. The predicted octanol–water partition coefficient (Wildman–Crippen LogP) is 2.33. The van der Waals surface area contributed by atoms with Crippen molar-refractivity contribution in [3.8, 4) is 17.2 Å². The molecule has 1 unspecified atom stereocenters. The highest BCUT2D eigenvalue weighted by Gasteiger charge is 2.20. The van der Waals surface area contributed by atoms with Gasteiger partial charge < -0.3 is 14.4 Å². The fraction of sp³-hybridized carbons (Fsp3) is 0.429. The Balaban J connectivity index is 1.82. The standard InChI is InChI=1S/C14H16N2O3/c1-9-3-2-4-11(13(9)17)14-15-12(16-19-14)7-10-5-6-18-8-10/h2-4,10,17H,5-8H2,1H3. The molecule has 2 heterocycles. The van der Waals surface area contributed by atoms with Crippen molar-refractivity contribution < 1.29 is 14.4 Å². The lowest BCUT2D eigenvalue weighted by atomic mass is 10.1. The number of phenols is 1. The second-order valence-electron chi connectivity index (χ2n) is 4.92. The highest BCUT2D eigenvalue weighted by molar-refractivity contribution is 5.64. The molecule has 1 aromatic carbocycles. The van der Waals surface area contributed by atoms with Gasteiger partial charge in [-0.3, -0.25) is 0 Å². The minimum Gasteiger partial charge on any atom is -0.507 e. The molecule has 0 saturated carbocycles. The molecule has 1 aliphatic rings. The topological polar surface area (TPSA) is 68.4 Å². The smallest absolute Gasteiger partial charge is 0.261 e. The van der Waals surface area contributed by atoms with Crippen molar-refractivity contribution in [3.05, 3.63) is 29.6 Å². The van der Waals surface area contributed by atoms with Crippen LogP contribution in [0.1, 0.15) is 17.8 Å². The number of aromatic nitrogens is 2. The van der Waals surface area contributed by atoms with Crippen LogP contribution in [0.4, 0.5) is 0 Å². The Hall–Kier alpha value is -1.88. The zero-order valence-electron chi connectivity index (χ0n) is 10.8. The number of benzene rings is 1. The number of nitrogens with zero attached hydrogens (tertiary/aromatic N) is 2. The quantitative estimate of drug-likeness (QED) is 0.917. The van der Waals surface area contributed by atoms with Gasteiger partial charge in [0.05, 0.1) is 5.56 Å². The van der Waals surface area contributed by atoms with Crippen molar-refractivity contribution in [2.45, 2.75) is 19.8 Å². The van der Waals surface area contributed by atoms with Crippen LogP contribution in [0.2, 0.25) is 0 Å². The molecular formula is C14H16N2O3. The van der Waals surface area contributed by atoms with Crippen LogP contribution in [0, 0.1) is 12.8 Å². The van der Waals surface area contributed by atoms with Crippen LogP contribution in [-0.2, 0) is 11.2 Å². The van der Waals surface area contributed by atoms with Crippen molar-refractivity contribution in [2.24, 2.45) is 5.92 Å². The van der Waals surface area contributed by atoms with E-state index in [1.54, 1.807) is 6.07 Å². The predicted molar refractivity (Wildman–Crippen MR) is 68.8 cm³/mol. The van der Waals surface area contributed by atoms with E-state index in [-0.39, 0.29) is 5.75 Å². The minimum atomic E-state index is 0.196. The number of ether oxygens (including phenoxy) is 1.